The number of oxazole rings is 1. The Morgan fingerprint density at radius 3 is 2.36 bits per heavy atom. The topological polar surface area (TPSA) is 54.3 Å². The molecule has 2 aromatic rings. The molecule has 1 aromatic carbocycles. The number of aromatic nitrogens is 1. The van der Waals surface area contributed by atoms with Crippen LogP contribution in [0, 0.1) is 0 Å². The number of hydrogen-bond donors (Lipinski definition) is 1. The lowest BCUT2D eigenvalue weighted by Gasteiger charge is -2.00. The van der Waals surface area contributed by atoms with Gasteiger partial charge in [0.15, 0.2) is 6.54 Å². The molecule has 120 valence electrons. The number of fused-ring (bicyclic) bond motifs is 1. The highest BCUT2D eigenvalue weighted by Gasteiger charge is 2.27. The fraction of sp³-hybridized carbons (Fsp3) is 0.556. The maximum atomic E-state index is 11.3. The van der Waals surface area contributed by atoms with E-state index in [-0.39, 0.29) is 5.89 Å². The molecule has 2 rings (SSSR count). The van der Waals surface area contributed by atoms with Crippen LogP contribution in [0.3, 0.4) is 0 Å². The van der Waals surface area contributed by atoms with Crippen LogP contribution in [0.1, 0.15) is 69.0 Å². The molecule has 0 saturated carbocycles. The first-order valence-corrected chi connectivity index (χ1v) is 8.38. The predicted molar refractivity (Wildman–Crippen MR) is 86.0 cm³/mol. The van der Waals surface area contributed by atoms with Gasteiger partial charge < -0.3 is 9.52 Å². The molecule has 0 unspecified atom stereocenters. The van der Waals surface area contributed by atoms with Crippen molar-refractivity contribution in [1.82, 2.24) is 0 Å². The van der Waals surface area contributed by atoms with Crippen molar-refractivity contribution >= 4 is 17.1 Å². The third-order valence-electron chi connectivity index (χ3n) is 4.03. The van der Waals surface area contributed by atoms with Gasteiger partial charge in [-0.05, 0) is 12.5 Å². The zero-order valence-electron chi connectivity index (χ0n) is 13.4. The maximum Gasteiger partial charge on any atom is 0.462 e. The van der Waals surface area contributed by atoms with Gasteiger partial charge in [-0.25, -0.2) is 4.79 Å². The van der Waals surface area contributed by atoms with E-state index in [2.05, 4.69) is 6.92 Å². The Hall–Kier alpha value is -1.84. The number of nitrogens with zero attached hydrogens (tertiary/aromatic N) is 1. The van der Waals surface area contributed by atoms with Crippen LogP contribution in [0.25, 0.3) is 11.1 Å². The molecule has 0 aliphatic carbocycles. The molecule has 1 aromatic heterocycles. The fourth-order valence-corrected chi connectivity index (χ4v) is 2.82. The van der Waals surface area contributed by atoms with Crippen LogP contribution in [-0.2, 0) is 6.54 Å². The van der Waals surface area contributed by atoms with E-state index in [4.69, 9.17) is 4.42 Å². The number of carbonyl (C=O) groups is 1. The van der Waals surface area contributed by atoms with Gasteiger partial charge in [-0.1, -0.05) is 57.6 Å². The average Bonchev–Trinajstić information content (AvgIpc) is 2.89. The maximum absolute atomic E-state index is 11.3. The summed E-state index contributed by atoms with van der Waals surface area (Å²) in [5.74, 6) is -0.972. The third kappa shape index (κ3) is 4.33. The van der Waals surface area contributed by atoms with Gasteiger partial charge in [0.05, 0.1) is 0 Å². The number of carboxylic acids is 1. The van der Waals surface area contributed by atoms with Crippen molar-refractivity contribution in [2.24, 2.45) is 0 Å². The summed E-state index contributed by atoms with van der Waals surface area (Å²) in [5, 5.41) is 9.28. The molecule has 0 amide bonds. The number of unbranched alkanes of at least 4 members (excludes halogenated alkanes) is 7. The molecule has 1 heterocycles. The van der Waals surface area contributed by atoms with Crippen LogP contribution in [-0.4, -0.2) is 11.1 Å². The Kier molecular flexibility index (Phi) is 6.44. The van der Waals surface area contributed by atoms with E-state index in [0.717, 1.165) is 18.4 Å². The lowest BCUT2D eigenvalue weighted by Crippen LogP contribution is -2.38. The summed E-state index contributed by atoms with van der Waals surface area (Å²) in [6.07, 6.45) is 9.89. The van der Waals surface area contributed by atoms with E-state index in [1.54, 1.807) is 4.57 Å². The average molecular weight is 304 g/mol. The lowest BCUT2D eigenvalue weighted by molar-refractivity contribution is -0.679. The van der Waals surface area contributed by atoms with Crippen molar-refractivity contribution in [2.75, 3.05) is 0 Å². The molecule has 0 aliphatic heterocycles. The molecule has 4 nitrogen and oxygen atoms in total. The van der Waals surface area contributed by atoms with Gasteiger partial charge in [0.2, 0.25) is 5.58 Å². The van der Waals surface area contributed by atoms with Crippen molar-refractivity contribution < 1.29 is 18.9 Å². The molecule has 0 atom stereocenters. The summed E-state index contributed by atoms with van der Waals surface area (Å²) in [6.45, 7) is 2.93. The van der Waals surface area contributed by atoms with Crippen molar-refractivity contribution in [3.05, 3.63) is 30.2 Å². The van der Waals surface area contributed by atoms with Crippen LogP contribution in [0.15, 0.2) is 28.7 Å². The lowest BCUT2D eigenvalue weighted by atomic mass is 10.1. The predicted octanol–water partition coefficient (Wildman–Crippen LogP) is 4.56. The molecule has 4 heteroatoms. The molecule has 0 fully saturated rings. The second-order valence-corrected chi connectivity index (χ2v) is 5.81. The van der Waals surface area contributed by atoms with Gasteiger partial charge in [0.1, 0.15) is 0 Å². The Morgan fingerprint density at radius 2 is 1.68 bits per heavy atom. The summed E-state index contributed by atoms with van der Waals surface area (Å²) < 4.78 is 7.23. The largest absolute Gasteiger partial charge is 0.471 e. The molecular formula is C18H26NO3+. The highest BCUT2D eigenvalue weighted by Crippen LogP contribution is 2.14. The smallest absolute Gasteiger partial charge is 0.462 e. The fourth-order valence-electron chi connectivity index (χ4n) is 2.82. The number of aryl methyl sites for hydroxylation is 1. The number of benzene rings is 1. The molecule has 0 saturated heterocycles. The summed E-state index contributed by atoms with van der Waals surface area (Å²) in [4.78, 5) is 11.3. The molecule has 0 bridgehead atoms. The highest BCUT2D eigenvalue weighted by atomic mass is 16.4. The van der Waals surface area contributed by atoms with E-state index >= 15 is 0 Å². The van der Waals surface area contributed by atoms with E-state index in [1.165, 1.54) is 38.5 Å². The second-order valence-electron chi connectivity index (χ2n) is 5.81. The van der Waals surface area contributed by atoms with Crippen LogP contribution in [0.2, 0.25) is 0 Å². The Balaban J connectivity index is 1.86. The minimum Gasteiger partial charge on any atom is -0.471 e. The Labute approximate surface area is 131 Å². The van der Waals surface area contributed by atoms with Gasteiger partial charge in [0, 0.05) is 12.5 Å². The summed E-state index contributed by atoms with van der Waals surface area (Å²) >= 11 is 0. The molecular weight excluding hydrogens is 278 g/mol. The van der Waals surface area contributed by atoms with Crippen LogP contribution in [0.5, 0.6) is 0 Å². The van der Waals surface area contributed by atoms with Crippen molar-refractivity contribution in [3.63, 3.8) is 0 Å². The molecule has 1 N–H and O–H groups in total. The molecule has 22 heavy (non-hydrogen) atoms. The Morgan fingerprint density at radius 1 is 1.05 bits per heavy atom. The van der Waals surface area contributed by atoms with Crippen molar-refractivity contribution in [1.29, 1.82) is 0 Å². The number of hydrogen-bond acceptors (Lipinski definition) is 2. The van der Waals surface area contributed by atoms with Gasteiger partial charge >= 0.3 is 11.9 Å². The molecule has 0 spiro atoms. The van der Waals surface area contributed by atoms with Gasteiger partial charge in [-0.3, -0.25) is 0 Å². The van der Waals surface area contributed by atoms with E-state index in [1.807, 2.05) is 24.3 Å². The zero-order chi connectivity index (χ0) is 15.8. The van der Waals surface area contributed by atoms with Gasteiger partial charge in [-0.15, -0.1) is 0 Å². The second kappa shape index (κ2) is 8.57. The molecule has 0 aliphatic rings. The summed E-state index contributed by atoms with van der Waals surface area (Å²) in [7, 11) is 0. The van der Waals surface area contributed by atoms with E-state index in [0.29, 0.717) is 12.1 Å². The summed E-state index contributed by atoms with van der Waals surface area (Å²) in [5.41, 5.74) is 1.50. The SMILES string of the molecule is CCCCCCCCCC[n+]1c(C(=O)O)oc2ccccc21. The zero-order valence-corrected chi connectivity index (χ0v) is 13.4. The monoisotopic (exact) mass is 304 g/mol. The summed E-state index contributed by atoms with van der Waals surface area (Å²) in [6, 6.07) is 7.49. The van der Waals surface area contributed by atoms with E-state index in [9.17, 15) is 9.90 Å². The standard InChI is InChI=1S/C18H25NO3/c1-2-3-4-5-6-7-8-11-14-19-15-12-9-10-13-16(15)22-17(19)18(20)21/h9-10,12-13H,2-8,11,14H2,1H3/p+1. The van der Waals surface area contributed by atoms with Crippen molar-refractivity contribution in [3.8, 4) is 0 Å². The number of rotatable bonds is 10. The minimum atomic E-state index is -1.00. The highest BCUT2D eigenvalue weighted by molar-refractivity contribution is 5.83. The minimum absolute atomic E-state index is 0.0316. The third-order valence-corrected chi connectivity index (χ3v) is 4.03. The van der Waals surface area contributed by atoms with Crippen LogP contribution < -0.4 is 4.57 Å². The van der Waals surface area contributed by atoms with Crippen LogP contribution >= 0.6 is 0 Å². The number of carboxylic acid groups (broad SMARTS) is 1. The van der Waals surface area contributed by atoms with Gasteiger partial charge in [0.25, 0.3) is 5.52 Å². The first-order valence-electron chi connectivity index (χ1n) is 8.38. The Bertz CT molecular complexity index is 603. The first kappa shape index (κ1) is 16.5. The molecule has 0 radical (unpaired) electrons. The van der Waals surface area contributed by atoms with Crippen molar-refractivity contribution in [2.45, 2.75) is 64.8 Å². The normalized spacial score (nSPS) is 11.1. The number of aromatic carboxylic acids is 1. The van der Waals surface area contributed by atoms with Crippen LogP contribution in [0.4, 0.5) is 0 Å². The quantitative estimate of drug-likeness (QED) is 0.517. The van der Waals surface area contributed by atoms with E-state index < -0.39 is 5.97 Å². The number of para-hydroxylation sites is 2. The first-order chi connectivity index (χ1) is 10.7. The van der Waals surface area contributed by atoms with Gasteiger partial charge in [-0.2, -0.15) is 4.57 Å².